The van der Waals surface area contributed by atoms with Crippen molar-refractivity contribution in [3.8, 4) is 17.6 Å². The summed E-state index contributed by atoms with van der Waals surface area (Å²) in [4.78, 5) is 10.4. The topological polar surface area (TPSA) is 92.7 Å². The number of hydrogen-bond acceptors (Lipinski definition) is 4. The number of hydrogen-bond donors (Lipinski definition) is 2. The van der Waals surface area contributed by atoms with Crippen molar-refractivity contribution in [3.05, 3.63) is 29.8 Å². The molecular formula is C14H15NO5S. The molecule has 0 saturated heterocycles. The molecule has 6 nitrogen and oxygen atoms in total. The minimum Gasteiger partial charge on any atom is -0.495 e. The van der Waals surface area contributed by atoms with Crippen molar-refractivity contribution in [2.24, 2.45) is 0 Å². The zero-order valence-electron chi connectivity index (χ0n) is 11.6. The maximum Gasteiger partial charge on any atom is 0.328 e. The number of benzene rings is 1. The van der Waals surface area contributed by atoms with Crippen LogP contribution in [0.3, 0.4) is 0 Å². The number of ether oxygens (including phenoxy) is 1. The average molecular weight is 309 g/mol. The summed E-state index contributed by atoms with van der Waals surface area (Å²) in [5, 5.41) is 8.59. The third-order valence-corrected chi connectivity index (χ3v) is 3.85. The zero-order valence-corrected chi connectivity index (χ0v) is 12.4. The van der Waals surface area contributed by atoms with Crippen LogP contribution in [-0.4, -0.2) is 33.1 Å². The van der Waals surface area contributed by atoms with Crippen LogP contribution in [0.4, 0.5) is 0 Å². The van der Waals surface area contributed by atoms with Crippen molar-refractivity contribution in [2.45, 2.75) is 11.8 Å². The van der Waals surface area contributed by atoms with Gasteiger partial charge in [-0.1, -0.05) is 12.0 Å². The second kappa shape index (κ2) is 7.47. The van der Waals surface area contributed by atoms with Gasteiger partial charge in [0.1, 0.15) is 10.6 Å². The molecule has 0 fully saturated rings. The minimum absolute atomic E-state index is 0.0167. The molecule has 0 radical (unpaired) electrons. The van der Waals surface area contributed by atoms with E-state index >= 15 is 0 Å². The van der Waals surface area contributed by atoms with Gasteiger partial charge in [-0.05, 0) is 30.7 Å². The molecule has 0 aliphatic carbocycles. The highest BCUT2D eigenvalue weighted by Gasteiger charge is 2.19. The normalized spacial score (nSPS) is 11.0. The molecule has 1 aromatic carbocycles. The first-order chi connectivity index (χ1) is 9.90. The van der Waals surface area contributed by atoms with E-state index in [0.717, 1.165) is 6.08 Å². The lowest BCUT2D eigenvalue weighted by atomic mass is 10.2. The van der Waals surface area contributed by atoms with Gasteiger partial charge in [0.2, 0.25) is 10.0 Å². The van der Waals surface area contributed by atoms with E-state index in [1.54, 1.807) is 13.0 Å². The summed E-state index contributed by atoms with van der Waals surface area (Å²) in [5.74, 6) is 4.22. The molecule has 21 heavy (non-hydrogen) atoms. The first kappa shape index (κ1) is 16.8. The van der Waals surface area contributed by atoms with Gasteiger partial charge in [0.25, 0.3) is 0 Å². The molecule has 1 aromatic rings. The Morgan fingerprint density at radius 3 is 2.76 bits per heavy atom. The molecule has 2 N–H and O–H groups in total. The van der Waals surface area contributed by atoms with Crippen LogP contribution in [0, 0.1) is 11.8 Å². The van der Waals surface area contributed by atoms with E-state index in [9.17, 15) is 13.2 Å². The van der Waals surface area contributed by atoms with Gasteiger partial charge in [-0.3, -0.25) is 0 Å². The minimum atomic E-state index is -3.80. The Hall–Kier alpha value is -2.30. The molecule has 0 atom stereocenters. The summed E-state index contributed by atoms with van der Waals surface area (Å²) < 4.78 is 31.7. The van der Waals surface area contributed by atoms with E-state index in [2.05, 4.69) is 16.6 Å². The van der Waals surface area contributed by atoms with E-state index in [4.69, 9.17) is 9.84 Å². The number of rotatable bonds is 6. The maximum absolute atomic E-state index is 12.2. The molecule has 0 amide bonds. The van der Waals surface area contributed by atoms with E-state index in [1.807, 2.05) is 0 Å². The Bertz CT molecular complexity index is 711. The Labute approximate surface area is 123 Å². The van der Waals surface area contributed by atoms with E-state index in [-0.39, 0.29) is 17.2 Å². The number of aliphatic carboxylic acids is 1. The molecule has 0 heterocycles. The van der Waals surface area contributed by atoms with E-state index in [0.29, 0.717) is 5.56 Å². The monoisotopic (exact) mass is 309 g/mol. The van der Waals surface area contributed by atoms with Crippen molar-refractivity contribution in [1.82, 2.24) is 4.72 Å². The number of methoxy groups -OCH3 is 1. The number of nitrogens with one attached hydrogen (secondary N) is 1. The van der Waals surface area contributed by atoms with Crippen LogP contribution < -0.4 is 9.46 Å². The fraction of sp³-hybridized carbons (Fsp3) is 0.214. The molecule has 0 aromatic heterocycles. The third kappa shape index (κ3) is 4.95. The first-order valence-electron chi connectivity index (χ1n) is 5.89. The lowest BCUT2D eigenvalue weighted by Crippen LogP contribution is -2.24. The fourth-order valence-corrected chi connectivity index (χ4v) is 2.60. The molecule has 7 heteroatoms. The molecule has 1 rings (SSSR count). The second-order valence-electron chi connectivity index (χ2n) is 3.83. The number of sulfonamides is 1. The maximum atomic E-state index is 12.2. The van der Waals surface area contributed by atoms with E-state index in [1.165, 1.54) is 25.3 Å². The van der Waals surface area contributed by atoms with Gasteiger partial charge in [0, 0.05) is 6.08 Å². The van der Waals surface area contributed by atoms with Crippen molar-refractivity contribution in [1.29, 1.82) is 0 Å². The molecule has 0 saturated carbocycles. The molecular weight excluding hydrogens is 294 g/mol. The lowest BCUT2D eigenvalue weighted by molar-refractivity contribution is -0.131. The molecule has 112 valence electrons. The van der Waals surface area contributed by atoms with Gasteiger partial charge in [-0.25, -0.2) is 13.2 Å². The SMILES string of the molecule is CC#CCNS(=O)(=O)c1cc(/C=C/C(=O)O)ccc1OC. The molecule has 0 aliphatic heterocycles. The predicted molar refractivity (Wildman–Crippen MR) is 78.3 cm³/mol. The Morgan fingerprint density at radius 1 is 1.48 bits per heavy atom. The van der Waals surface area contributed by atoms with Crippen LogP contribution in [0.1, 0.15) is 12.5 Å². The predicted octanol–water partition coefficient (Wildman–Crippen LogP) is 1.09. The standard InChI is InChI=1S/C14H15NO5S/c1-3-4-9-15-21(18,19)13-10-11(6-8-14(16)17)5-7-12(13)20-2/h5-8,10,15H,9H2,1-2H3,(H,16,17)/b8-6+. The highest BCUT2D eigenvalue weighted by Crippen LogP contribution is 2.25. The van der Waals surface area contributed by atoms with Crippen molar-refractivity contribution < 1.29 is 23.1 Å². The molecule has 0 bridgehead atoms. The Balaban J connectivity index is 3.21. The van der Waals surface area contributed by atoms with Gasteiger partial charge >= 0.3 is 5.97 Å². The fourth-order valence-electron chi connectivity index (χ4n) is 1.47. The smallest absolute Gasteiger partial charge is 0.328 e. The number of carboxylic acids is 1. The van der Waals surface area contributed by atoms with Crippen molar-refractivity contribution in [2.75, 3.05) is 13.7 Å². The van der Waals surface area contributed by atoms with Gasteiger partial charge in [0.15, 0.2) is 0 Å². The lowest BCUT2D eigenvalue weighted by Gasteiger charge is -2.10. The number of carbonyl (C=O) groups is 1. The van der Waals surface area contributed by atoms with Crippen molar-refractivity contribution in [3.63, 3.8) is 0 Å². The molecule has 0 spiro atoms. The van der Waals surface area contributed by atoms with Crippen LogP contribution in [-0.2, 0) is 14.8 Å². The summed E-state index contributed by atoms with van der Waals surface area (Å²) in [6.45, 7) is 1.59. The quantitative estimate of drug-likeness (QED) is 0.606. The summed E-state index contributed by atoms with van der Waals surface area (Å²) >= 11 is 0. The molecule has 0 aliphatic rings. The number of carboxylic acid groups (broad SMARTS) is 1. The summed E-state index contributed by atoms with van der Waals surface area (Å²) in [5.41, 5.74) is 0.431. The highest BCUT2D eigenvalue weighted by molar-refractivity contribution is 7.89. The average Bonchev–Trinajstić information content (AvgIpc) is 2.45. The van der Waals surface area contributed by atoms with Gasteiger partial charge < -0.3 is 9.84 Å². The Kier molecular flexibility index (Phi) is 5.96. The van der Waals surface area contributed by atoms with E-state index < -0.39 is 16.0 Å². The largest absolute Gasteiger partial charge is 0.495 e. The van der Waals surface area contributed by atoms with Crippen LogP contribution in [0.2, 0.25) is 0 Å². The highest BCUT2D eigenvalue weighted by atomic mass is 32.2. The first-order valence-corrected chi connectivity index (χ1v) is 7.37. The van der Waals surface area contributed by atoms with Gasteiger partial charge in [-0.2, -0.15) is 4.72 Å². The molecule has 0 unspecified atom stereocenters. The summed E-state index contributed by atoms with van der Waals surface area (Å²) in [7, 11) is -2.44. The van der Waals surface area contributed by atoms with Crippen LogP contribution in [0.15, 0.2) is 29.2 Å². The van der Waals surface area contributed by atoms with Crippen molar-refractivity contribution >= 4 is 22.1 Å². The van der Waals surface area contributed by atoms with Crippen LogP contribution >= 0.6 is 0 Å². The second-order valence-corrected chi connectivity index (χ2v) is 5.57. The van der Waals surface area contributed by atoms with Gasteiger partial charge in [0.05, 0.1) is 13.7 Å². The summed E-state index contributed by atoms with van der Waals surface area (Å²) in [6.07, 6.45) is 2.22. The Morgan fingerprint density at radius 2 is 2.19 bits per heavy atom. The zero-order chi connectivity index (χ0) is 15.9. The third-order valence-electron chi connectivity index (χ3n) is 2.42. The van der Waals surface area contributed by atoms with Gasteiger partial charge in [-0.15, -0.1) is 5.92 Å². The summed E-state index contributed by atoms with van der Waals surface area (Å²) in [6, 6.07) is 4.35. The van der Waals surface area contributed by atoms with Crippen LogP contribution in [0.5, 0.6) is 5.75 Å². The van der Waals surface area contributed by atoms with Crippen LogP contribution in [0.25, 0.3) is 6.08 Å².